The number of esters is 1. The zero-order valence-electron chi connectivity index (χ0n) is 11.5. The van der Waals surface area contributed by atoms with E-state index < -0.39 is 5.97 Å². The van der Waals surface area contributed by atoms with Crippen LogP contribution in [-0.4, -0.2) is 17.1 Å². The quantitative estimate of drug-likeness (QED) is 0.619. The van der Waals surface area contributed by atoms with Crippen LogP contribution in [0.4, 0.5) is 0 Å². The van der Waals surface area contributed by atoms with Crippen LogP contribution < -0.4 is 0 Å². The highest BCUT2D eigenvalue weighted by Gasteiger charge is 2.10. The molecule has 1 aromatic carbocycles. The van der Waals surface area contributed by atoms with Crippen LogP contribution in [0.1, 0.15) is 35.6 Å². The average molecular weight is 265 g/mol. The second kappa shape index (κ2) is 6.53. The Bertz CT molecular complexity index is 651. The van der Waals surface area contributed by atoms with E-state index in [9.17, 15) is 4.79 Å². The molecule has 1 heterocycles. The average Bonchev–Trinajstić information content (AvgIpc) is 2.46. The van der Waals surface area contributed by atoms with Crippen LogP contribution in [0.15, 0.2) is 48.5 Å². The molecule has 0 atom stereocenters. The van der Waals surface area contributed by atoms with Crippen molar-refractivity contribution >= 4 is 5.97 Å². The Morgan fingerprint density at radius 2 is 1.80 bits per heavy atom. The van der Waals surface area contributed by atoms with Crippen LogP contribution in [0, 0.1) is 11.8 Å². The monoisotopic (exact) mass is 265 g/mol. The second-order valence-electron chi connectivity index (χ2n) is 4.48. The van der Waals surface area contributed by atoms with Gasteiger partial charge in [0.15, 0.2) is 0 Å². The van der Waals surface area contributed by atoms with Crippen molar-refractivity contribution < 1.29 is 9.53 Å². The number of benzene rings is 1. The molecule has 1 aromatic heterocycles. The maximum atomic E-state index is 11.7. The molecule has 20 heavy (non-hydrogen) atoms. The summed E-state index contributed by atoms with van der Waals surface area (Å²) in [6, 6.07) is 14.8. The van der Waals surface area contributed by atoms with E-state index in [1.54, 1.807) is 32.0 Å². The Morgan fingerprint density at radius 3 is 2.50 bits per heavy atom. The van der Waals surface area contributed by atoms with Crippen molar-refractivity contribution in [1.29, 1.82) is 0 Å². The Labute approximate surface area is 118 Å². The Hall–Kier alpha value is -2.60. The fourth-order valence-corrected chi connectivity index (χ4v) is 1.55. The van der Waals surface area contributed by atoms with Gasteiger partial charge in [0.2, 0.25) is 0 Å². The number of hydrogen-bond acceptors (Lipinski definition) is 3. The summed E-state index contributed by atoms with van der Waals surface area (Å²) in [7, 11) is 0. The second-order valence-corrected chi connectivity index (χ2v) is 4.48. The van der Waals surface area contributed by atoms with E-state index in [0.29, 0.717) is 5.69 Å². The molecule has 0 bridgehead atoms. The van der Waals surface area contributed by atoms with E-state index in [2.05, 4.69) is 16.8 Å². The molecule has 0 saturated carbocycles. The summed E-state index contributed by atoms with van der Waals surface area (Å²) in [5.74, 6) is 5.52. The molecule has 0 N–H and O–H groups in total. The standard InChI is InChI=1S/C17H15NO2/c1-13(2)20-17(19)16-10-6-9-15(18-16)12-11-14-7-4-3-5-8-14/h3-10,13H,1-2H3. The van der Waals surface area contributed by atoms with Crippen LogP contribution in [-0.2, 0) is 4.74 Å². The van der Waals surface area contributed by atoms with Gasteiger partial charge in [0.05, 0.1) is 6.10 Å². The van der Waals surface area contributed by atoms with E-state index in [1.807, 2.05) is 30.3 Å². The number of rotatable bonds is 2. The summed E-state index contributed by atoms with van der Waals surface area (Å²) in [6.45, 7) is 3.61. The third kappa shape index (κ3) is 3.96. The molecule has 0 aliphatic heterocycles. The predicted molar refractivity (Wildman–Crippen MR) is 77.2 cm³/mol. The van der Waals surface area contributed by atoms with Gasteiger partial charge in [-0.05, 0) is 44.0 Å². The number of hydrogen-bond donors (Lipinski definition) is 0. The molecule has 100 valence electrons. The molecule has 0 fully saturated rings. The zero-order chi connectivity index (χ0) is 14.4. The molecule has 0 aliphatic carbocycles. The largest absolute Gasteiger partial charge is 0.458 e. The van der Waals surface area contributed by atoms with Gasteiger partial charge in [-0.1, -0.05) is 30.2 Å². The molecular formula is C17H15NO2. The van der Waals surface area contributed by atoms with Gasteiger partial charge >= 0.3 is 5.97 Å². The smallest absolute Gasteiger partial charge is 0.357 e. The SMILES string of the molecule is CC(C)OC(=O)c1cccc(C#Cc2ccccc2)n1. The first-order valence-electron chi connectivity index (χ1n) is 6.40. The molecule has 0 saturated heterocycles. The van der Waals surface area contributed by atoms with Crippen molar-refractivity contribution in [3.8, 4) is 11.8 Å². The first-order valence-corrected chi connectivity index (χ1v) is 6.40. The van der Waals surface area contributed by atoms with Gasteiger partial charge in [-0.15, -0.1) is 0 Å². The van der Waals surface area contributed by atoms with Crippen molar-refractivity contribution in [2.45, 2.75) is 20.0 Å². The van der Waals surface area contributed by atoms with Gasteiger partial charge in [-0.2, -0.15) is 0 Å². The third-order valence-corrected chi connectivity index (χ3v) is 2.41. The molecule has 0 spiro atoms. The lowest BCUT2D eigenvalue weighted by Crippen LogP contribution is -2.13. The van der Waals surface area contributed by atoms with Gasteiger partial charge in [0.1, 0.15) is 11.4 Å². The lowest BCUT2D eigenvalue weighted by Gasteiger charge is -2.06. The van der Waals surface area contributed by atoms with E-state index in [4.69, 9.17) is 4.74 Å². The first kappa shape index (κ1) is 13.8. The number of pyridine rings is 1. The van der Waals surface area contributed by atoms with Crippen LogP contribution in [0.5, 0.6) is 0 Å². The summed E-state index contributed by atoms with van der Waals surface area (Å²) in [6.07, 6.45) is -0.164. The van der Waals surface area contributed by atoms with Crippen molar-refractivity contribution in [1.82, 2.24) is 4.98 Å². The number of carbonyl (C=O) groups is 1. The van der Waals surface area contributed by atoms with Gasteiger partial charge < -0.3 is 4.74 Å². The van der Waals surface area contributed by atoms with Crippen molar-refractivity contribution in [2.24, 2.45) is 0 Å². The minimum absolute atomic E-state index is 0.164. The van der Waals surface area contributed by atoms with E-state index in [0.717, 1.165) is 5.56 Å². The number of aromatic nitrogens is 1. The molecule has 3 heteroatoms. The van der Waals surface area contributed by atoms with E-state index in [-0.39, 0.29) is 11.8 Å². The van der Waals surface area contributed by atoms with Gasteiger partial charge in [0.25, 0.3) is 0 Å². The number of nitrogens with zero attached hydrogens (tertiary/aromatic N) is 1. The molecule has 0 aliphatic rings. The molecule has 2 rings (SSSR count). The fourth-order valence-electron chi connectivity index (χ4n) is 1.55. The summed E-state index contributed by atoms with van der Waals surface area (Å²) < 4.78 is 5.10. The predicted octanol–water partition coefficient (Wildman–Crippen LogP) is 3.05. The normalized spacial score (nSPS) is 9.75. The van der Waals surface area contributed by atoms with Crippen molar-refractivity contribution in [3.05, 3.63) is 65.5 Å². The molecule has 0 unspecified atom stereocenters. The number of ether oxygens (including phenoxy) is 1. The maximum Gasteiger partial charge on any atom is 0.357 e. The minimum atomic E-state index is -0.427. The lowest BCUT2D eigenvalue weighted by molar-refractivity contribution is 0.0371. The summed E-state index contributed by atoms with van der Waals surface area (Å²) in [5, 5.41) is 0. The highest BCUT2D eigenvalue weighted by Crippen LogP contribution is 2.03. The van der Waals surface area contributed by atoms with Crippen LogP contribution in [0.3, 0.4) is 0 Å². The zero-order valence-corrected chi connectivity index (χ0v) is 11.5. The molecule has 0 radical (unpaired) electrons. The summed E-state index contributed by atoms with van der Waals surface area (Å²) >= 11 is 0. The molecule has 0 amide bonds. The molecule has 2 aromatic rings. The van der Waals surface area contributed by atoms with Gasteiger partial charge in [-0.25, -0.2) is 9.78 Å². The molecular weight excluding hydrogens is 250 g/mol. The fraction of sp³-hybridized carbons (Fsp3) is 0.176. The van der Waals surface area contributed by atoms with Crippen molar-refractivity contribution in [2.75, 3.05) is 0 Å². The highest BCUT2D eigenvalue weighted by atomic mass is 16.5. The summed E-state index contributed by atoms with van der Waals surface area (Å²) in [5.41, 5.74) is 1.73. The van der Waals surface area contributed by atoms with Gasteiger partial charge in [0, 0.05) is 5.56 Å². The summed E-state index contributed by atoms with van der Waals surface area (Å²) in [4.78, 5) is 15.9. The Kier molecular flexibility index (Phi) is 4.52. The first-order chi connectivity index (χ1) is 9.65. The van der Waals surface area contributed by atoms with E-state index >= 15 is 0 Å². The van der Waals surface area contributed by atoms with E-state index in [1.165, 1.54) is 0 Å². The van der Waals surface area contributed by atoms with Crippen LogP contribution in [0.2, 0.25) is 0 Å². The van der Waals surface area contributed by atoms with Crippen LogP contribution >= 0.6 is 0 Å². The van der Waals surface area contributed by atoms with Crippen molar-refractivity contribution in [3.63, 3.8) is 0 Å². The third-order valence-electron chi connectivity index (χ3n) is 2.41. The molecule has 3 nitrogen and oxygen atoms in total. The Balaban J connectivity index is 2.19. The highest BCUT2D eigenvalue weighted by molar-refractivity contribution is 5.87. The van der Waals surface area contributed by atoms with Gasteiger partial charge in [-0.3, -0.25) is 0 Å². The van der Waals surface area contributed by atoms with Crippen LogP contribution in [0.25, 0.3) is 0 Å². The topological polar surface area (TPSA) is 39.2 Å². The minimum Gasteiger partial charge on any atom is -0.458 e. The number of carbonyl (C=O) groups excluding carboxylic acids is 1. The maximum absolute atomic E-state index is 11.7. The Morgan fingerprint density at radius 1 is 1.05 bits per heavy atom. The lowest BCUT2D eigenvalue weighted by atomic mass is 10.2.